The van der Waals surface area contributed by atoms with E-state index in [1.54, 1.807) is 0 Å². The predicted octanol–water partition coefficient (Wildman–Crippen LogP) is 4.67. The first-order valence-corrected chi connectivity index (χ1v) is 7.00. The van der Waals surface area contributed by atoms with Crippen LogP contribution in [0.3, 0.4) is 0 Å². The fourth-order valence-corrected chi connectivity index (χ4v) is 2.18. The lowest BCUT2D eigenvalue weighted by molar-refractivity contribution is 0.792. The van der Waals surface area contributed by atoms with Gasteiger partial charge in [-0.1, -0.05) is 25.1 Å². The van der Waals surface area contributed by atoms with Gasteiger partial charge in [-0.05, 0) is 49.7 Å². The standard InChI is InChI=1S/C17H22N2/c1-3-14-19(4-2)17-12-10-16(11-13-17)18-15-8-6-5-7-9-15/h5-13,18H,3-4,14H2,1-2H3. The van der Waals surface area contributed by atoms with Crippen LogP contribution in [0.1, 0.15) is 20.3 Å². The molecule has 0 saturated heterocycles. The molecule has 0 aliphatic heterocycles. The van der Waals surface area contributed by atoms with Crippen molar-refractivity contribution in [3.05, 3.63) is 54.6 Å². The van der Waals surface area contributed by atoms with Crippen molar-refractivity contribution in [1.82, 2.24) is 0 Å². The first-order valence-electron chi connectivity index (χ1n) is 7.00. The smallest absolute Gasteiger partial charge is 0.0385 e. The predicted molar refractivity (Wildman–Crippen MR) is 84.3 cm³/mol. The molecule has 100 valence electrons. The van der Waals surface area contributed by atoms with Crippen LogP contribution in [0.2, 0.25) is 0 Å². The maximum absolute atomic E-state index is 3.40. The minimum atomic E-state index is 1.05. The Balaban J connectivity index is 2.06. The highest BCUT2D eigenvalue weighted by Gasteiger charge is 2.02. The molecule has 0 saturated carbocycles. The van der Waals surface area contributed by atoms with Crippen molar-refractivity contribution in [2.45, 2.75) is 20.3 Å². The third-order valence-electron chi connectivity index (χ3n) is 3.17. The van der Waals surface area contributed by atoms with Crippen molar-refractivity contribution >= 4 is 17.1 Å². The van der Waals surface area contributed by atoms with E-state index in [0.717, 1.165) is 24.5 Å². The molecular weight excluding hydrogens is 232 g/mol. The maximum atomic E-state index is 3.40. The van der Waals surface area contributed by atoms with Crippen molar-refractivity contribution in [3.63, 3.8) is 0 Å². The molecule has 0 radical (unpaired) electrons. The summed E-state index contributed by atoms with van der Waals surface area (Å²) < 4.78 is 0. The lowest BCUT2D eigenvalue weighted by Crippen LogP contribution is -2.23. The van der Waals surface area contributed by atoms with E-state index in [9.17, 15) is 0 Å². The normalized spacial score (nSPS) is 10.2. The van der Waals surface area contributed by atoms with E-state index in [1.165, 1.54) is 12.1 Å². The molecular formula is C17H22N2. The van der Waals surface area contributed by atoms with Crippen LogP contribution < -0.4 is 10.2 Å². The fraction of sp³-hybridized carbons (Fsp3) is 0.294. The molecule has 0 fully saturated rings. The van der Waals surface area contributed by atoms with E-state index >= 15 is 0 Å². The highest BCUT2D eigenvalue weighted by Crippen LogP contribution is 2.21. The Morgan fingerprint density at radius 2 is 1.47 bits per heavy atom. The van der Waals surface area contributed by atoms with Gasteiger partial charge in [0.05, 0.1) is 0 Å². The van der Waals surface area contributed by atoms with Gasteiger partial charge in [-0.15, -0.1) is 0 Å². The highest BCUT2D eigenvalue weighted by molar-refractivity contribution is 5.62. The molecule has 0 atom stereocenters. The second-order valence-corrected chi connectivity index (χ2v) is 4.62. The topological polar surface area (TPSA) is 15.3 Å². The number of hydrogen-bond acceptors (Lipinski definition) is 2. The van der Waals surface area contributed by atoms with Crippen molar-refractivity contribution in [2.24, 2.45) is 0 Å². The quantitative estimate of drug-likeness (QED) is 0.806. The fourth-order valence-electron chi connectivity index (χ4n) is 2.18. The molecule has 0 aliphatic rings. The molecule has 2 rings (SSSR count). The van der Waals surface area contributed by atoms with Gasteiger partial charge < -0.3 is 10.2 Å². The van der Waals surface area contributed by atoms with Crippen LogP contribution in [0.25, 0.3) is 0 Å². The lowest BCUT2D eigenvalue weighted by Gasteiger charge is -2.22. The average molecular weight is 254 g/mol. The summed E-state index contributed by atoms with van der Waals surface area (Å²) in [6, 6.07) is 18.9. The van der Waals surface area contributed by atoms with E-state index in [-0.39, 0.29) is 0 Å². The van der Waals surface area contributed by atoms with Crippen LogP contribution in [-0.2, 0) is 0 Å². The number of para-hydroxylation sites is 1. The van der Waals surface area contributed by atoms with Gasteiger partial charge in [0.25, 0.3) is 0 Å². The molecule has 1 N–H and O–H groups in total. The summed E-state index contributed by atoms with van der Waals surface area (Å²) in [5, 5.41) is 3.40. The Kier molecular flexibility index (Phi) is 4.85. The summed E-state index contributed by atoms with van der Waals surface area (Å²) in [6.45, 7) is 6.58. The van der Waals surface area contributed by atoms with Crippen molar-refractivity contribution < 1.29 is 0 Å². The molecule has 2 nitrogen and oxygen atoms in total. The summed E-state index contributed by atoms with van der Waals surface area (Å²) in [5.41, 5.74) is 3.54. The van der Waals surface area contributed by atoms with Crippen LogP contribution in [0.5, 0.6) is 0 Å². The van der Waals surface area contributed by atoms with Gasteiger partial charge in [0, 0.05) is 30.2 Å². The number of hydrogen-bond donors (Lipinski definition) is 1. The highest BCUT2D eigenvalue weighted by atomic mass is 15.1. The third kappa shape index (κ3) is 3.75. The van der Waals surface area contributed by atoms with E-state index in [0.29, 0.717) is 0 Å². The number of nitrogens with one attached hydrogen (secondary N) is 1. The van der Waals surface area contributed by atoms with Gasteiger partial charge in [-0.2, -0.15) is 0 Å². The molecule has 0 aliphatic carbocycles. The summed E-state index contributed by atoms with van der Waals surface area (Å²) in [7, 11) is 0. The minimum Gasteiger partial charge on any atom is -0.372 e. The molecule has 19 heavy (non-hydrogen) atoms. The van der Waals surface area contributed by atoms with Crippen LogP contribution in [0, 0.1) is 0 Å². The SMILES string of the molecule is CCCN(CC)c1ccc(Nc2ccccc2)cc1. The maximum Gasteiger partial charge on any atom is 0.0385 e. The zero-order chi connectivity index (χ0) is 13.5. The molecule has 2 aromatic carbocycles. The average Bonchev–Trinajstić information content (AvgIpc) is 2.47. The van der Waals surface area contributed by atoms with Crippen molar-refractivity contribution in [1.29, 1.82) is 0 Å². The van der Waals surface area contributed by atoms with Gasteiger partial charge in [-0.3, -0.25) is 0 Å². The third-order valence-corrected chi connectivity index (χ3v) is 3.17. The van der Waals surface area contributed by atoms with E-state index in [4.69, 9.17) is 0 Å². The first kappa shape index (κ1) is 13.5. The van der Waals surface area contributed by atoms with Gasteiger partial charge in [0.2, 0.25) is 0 Å². The number of benzene rings is 2. The summed E-state index contributed by atoms with van der Waals surface area (Å²) in [6.07, 6.45) is 1.18. The molecule has 0 bridgehead atoms. The Hall–Kier alpha value is -1.96. The Morgan fingerprint density at radius 1 is 0.842 bits per heavy atom. The van der Waals surface area contributed by atoms with E-state index in [2.05, 4.69) is 60.5 Å². The Bertz CT molecular complexity index is 476. The van der Waals surface area contributed by atoms with Gasteiger partial charge in [0.1, 0.15) is 0 Å². The molecule has 0 aromatic heterocycles. The second-order valence-electron chi connectivity index (χ2n) is 4.62. The van der Waals surface area contributed by atoms with Gasteiger partial charge in [-0.25, -0.2) is 0 Å². The lowest BCUT2D eigenvalue weighted by atomic mass is 10.2. The molecule has 2 aromatic rings. The zero-order valence-electron chi connectivity index (χ0n) is 11.8. The second kappa shape index (κ2) is 6.83. The summed E-state index contributed by atoms with van der Waals surface area (Å²) in [5.74, 6) is 0. The Morgan fingerprint density at radius 3 is 2.05 bits per heavy atom. The van der Waals surface area contributed by atoms with Gasteiger partial charge in [0.15, 0.2) is 0 Å². The van der Waals surface area contributed by atoms with Crippen LogP contribution in [0.4, 0.5) is 17.1 Å². The van der Waals surface area contributed by atoms with Crippen LogP contribution >= 0.6 is 0 Å². The number of nitrogens with zero attached hydrogens (tertiary/aromatic N) is 1. The molecule has 0 amide bonds. The van der Waals surface area contributed by atoms with Crippen molar-refractivity contribution in [3.8, 4) is 0 Å². The number of anilines is 3. The first-order chi connectivity index (χ1) is 9.33. The molecule has 0 heterocycles. The molecule has 0 unspecified atom stereocenters. The summed E-state index contributed by atoms with van der Waals surface area (Å²) >= 11 is 0. The monoisotopic (exact) mass is 254 g/mol. The van der Waals surface area contributed by atoms with E-state index in [1.807, 2.05) is 18.2 Å². The Labute approximate surface area is 116 Å². The van der Waals surface area contributed by atoms with E-state index < -0.39 is 0 Å². The van der Waals surface area contributed by atoms with Crippen molar-refractivity contribution in [2.75, 3.05) is 23.3 Å². The minimum absolute atomic E-state index is 1.05. The summed E-state index contributed by atoms with van der Waals surface area (Å²) in [4.78, 5) is 2.40. The van der Waals surface area contributed by atoms with Crippen LogP contribution in [-0.4, -0.2) is 13.1 Å². The molecule has 0 spiro atoms. The van der Waals surface area contributed by atoms with Crippen LogP contribution in [0.15, 0.2) is 54.6 Å². The zero-order valence-corrected chi connectivity index (χ0v) is 11.8. The number of rotatable bonds is 6. The largest absolute Gasteiger partial charge is 0.372 e. The van der Waals surface area contributed by atoms with Gasteiger partial charge >= 0.3 is 0 Å². The molecule has 2 heteroatoms.